The van der Waals surface area contributed by atoms with E-state index in [1.165, 1.54) is 18.5 Å². The van der Waals surface area contributed by atoms with Crippen LogP contribution in [0.15, 0.2) is 18.2 Å². The van der Waals surface area contributed by atoms with Crippen LogP contribution >= 0.6 is 0 Å². The minimum Gasteiger partial charge on any atom is -0.543 e. The molecule has 1 fully saturated rings. The summed E-state index contributed by atoms with van der Waals surface area (Å²) < 4.78 is 6.45. The lowest BCUT2D eigenvalue weighted by atomic mass is 10.1. The largest absolute Gasteiger partial charge is 0.543 e. The number of hydrogen-bond donors (Lipinski definition) is 0. The summed E-state index contributed by atoms with van der Waals surface area (Å²) in [5.41, 5.74) is 1.88. The molecule has 0 atom stereocenters. The Morgan fingerprint density at radius 2 is 1.77 bits per heavy atom. The number of rotatable bonds is 4. The zero-order valence-electron chi connectivity index (χ0n) is 14.8. The van der Waals surface area contributed by atoms with Crippen molar-refractivity contribution in [3.05, 3.63) is 23.8 Å². The van der Waals surface area contributed by atoms with Gasteiger partial charge in [-0.1, -0.05) is 20.8 Å². The molecule has 0 spiro atoms. The SMILES string of the molecule is CC(=O)c1ccc(N2CCCC2)cc1O[Si](C)(C)C(C)(C)C. The number of anilines is 1. The van der Waals surface area contributed by atoms with E-state index in [-0.39, 0.29) is 10.8 Å². The Bertz CT molecular complexity index is 555. The third kappa shape index (κ3) is 3.54. The summed E-state index contributed by atoms with van der Waals surface area (Å²) in [4.78, 5) is 14.3. The summed E-state index contributed by atoms with van der Waals surface area (Å²) in [5, 5.41) is 0.116. The second kappa shape index (κ2) is 6.07. The average Bonchev–Trinajstić information content (AvgIpc) is 2.90. The third-order valence-electron chi connectivity index (χ3n) is 4.99. The number of benzene rings is 1. The fourth-order valence-corrected chi connectivity index (χ4v) is 3.51. The minimum absolute atomic E-state index is 0.0710. The van der Waals surface area contributed by atoms with E-state index < -0.39 is 8.32 Å². The molecule has 0 radical (unpaired) electrons. The van der Waals surface area contributed by atoms with Gasteiger partial charge >= 0.3 is 0 Å². The van der Waals surface area contributed by atoms with E-state index in [9.17, 15) is 4.79 Å². The van der Waals surface area contributed by atoms with Crippen LogP contribution in [0.4, 0.5) is 5.69 Å². The van der Waals surface area contributed by atoms with Crippen LogP contribution in [0.1, 0.15) is 50.9 Å². The minimum atomic E-state index is -1.96. The Kier molecular flexibility index (Phi) is 4.71. The quantitative estimate of drug-likeness (QED) is 0.585. The number of nitrogens with zero attached hydrogens (tertiary/aromatic N) is 1. The van der Waals surface area contributed by atoms with Crippen molar-refractivity contribution in [2.75, 3.05) is 18.0 Å². The van der Waals surface area contributed by atoms with E-state index in [2.05, 4.69) is 50.9 Å². The molecule has 122 valence electrons. The molecule has 3 nitrogen and oxygen atoms in total. The summed E-state index contributed by atoms with van der Waals surface area (Å²) in [6.45, 7) is 14.9. The van der Waals surface area contributed by atoms with Crippen molar-refractivity contribution in [3.8, 4) is 5.75 Å². The van der Waals surface area contributed by atoms with Crippen molar-refractivity contribution < 1.29 is 9.22 Å². The van der Waals surface area contributed by atoms with Crippen molar-refractivity contribution in [3.63, 3.8) is 0 Å². The second-order valence-electron chi connectivity index (χ2n) is 7.79. The lowest BCUT2D eigenvalue weighted by molar-refractivity contribution is 0.101. The molecule has 1 heterocycles. The van der Waals surface area contributed by atoms with Crippen LogP contribution in [-0.4, -0.2) is 27.2 Å². The van der Waals surface area contributed by atoms with Crippen molar-refractivity contribution in [1.82, 2.24) is 0 Å². The lowest BCUT2D eigenvalue weighted by Crippen LogP contribution is -2.44. The first kappa shape index (κ1) is 17.1. The van der Waals surface area contributed by atoms with E-state index in [4.69, 9.17) is 4.43 Å². The van der Waals surface area contributed by atoms with Crippen LogP contribution in [0.25, 0.3) is 0 Å². The van der Waals surface area contributed by atoms with E-state index in [1.807, 2.05) is 6.07 Å². The Balaban J connectivity index is 2.38. The van der Waals surface area contributed by atoms with Gasteiger partial charge in [0, 0.05) is 24.8 Å². The predicted molar refractivity (Wildman–Crippen MR) is 95.7 cm³/mol. The summed E-state index contributed by atoms with van der Waals surface area (Å²) in [5.74, 6) is 0.838. The van der Waals surface area contributed by atoms with Gasteiger partial charge in [-0.2, -0.15) is 0 Å². The van der Waals surface area contributed by atoms with Crippen molar-refractivity contribution >= 4 is 19.8 Å². The lowest BCUT2D eigenvalue weighted by Gasteiger charge is -2.37. The smallest absolute Gasteiger partial charge is 0.250 e. The molecule has 4 heteroatoms. The molecule has 1 aliphatic rings. The third-order valence-corrected chi connectivity index (χ3v) is 9.33. The first-order valence-electron chi connectivity index (χ1n) is 8.21. The van der Waals surface area contributed by atoms with Gasteiger partial charge < -0.3 is 9.33 Å². The highest BCUT2D eigenvalue weighted by Gasteiger charge is 2.39. The van der Waals surface area contributed by atoms with Crippen LogP contribution in [0, 0.1) is 0 Å². The van der Waals surface area contributed by atoms with Gasteiger partial charge in [-0.25, -0.2) is 0 Å². The van der Waals surface area contributed by atoms with Gasteiger partial charge in [0.2, 0.25) is 0 Å². The first-order valence-corrected chi connectivity index (χ1v) is 11.1. The maximum absolute atomic E-state index is 12.0. The average molecular weight is 320 g/mol. The summed E-state index contributed by atoms with van der Waals surface area (Å²) in [7, 11) is -1.96. The van der Waals surface area contributed by atoms with Gasteiger partial charge in [0.05, 0.1) is 5.56 Å². The van der Waals surface area contributed by atoms with E-state index >= 15 is 0 Å². The van der Waals surface area contributed by atoms with Crippen LogP contribution in [-0.2, 0) is 0 Å². The van der Waals surface area contributed by atoms with Crippen molar-refractivity contribution in [1.29, 1.82) is 0 Å². The molecule has 1 saturated heterocycles. The molecule has 22 heavy (non-hydrogen) atoms. The topological polar surface area (TPSA) is 29.5 Å². The highest BCUT2D eigenvalue weighted by atomic mass is 28.4. The standard InChI is InChI=1S/C18H29NO2Si/c1-14(20)16-10-9-15(19-11-7-8-12-19)13-17(16)21-22(5,6)18(2,3)4/h9-10,13H,7-8,11-12H2,1-6H3. The van der Waals surface area contributed by atoms with E-state index in [0.29, 0.717) is 5.56 Å². The van der Waals surface area contributed by atoms with Crippen LogP contribution in [0.3, 0.4) is 0 Å². The zero-order chi connectivity index (χ0) is 16.5. The zero-order valence-corrected chi connectivity index (χ0v) is 15.8. The molecule has 1 aromatic rings. The fourth-order valence-electron chi connectivity index (χ4n) is 2.49. The van der Waals surface area contributed by atoms with Crippen molar-refractivity contribution in [2.45, 2.75) is 58.7 Å². The van der Waals surface area contributed by atoms with Crippen LogP contribution in [0.2, 0.25) is 18.1 Å². The highest BCUT2D eigenvalue weighted by molar-refractivity contribution is 6.74. The van der Waals surface area contributed by atoms with Crippen molar-refractivity contribution in [2.24, 2.45) is 0 Å². The molecule has 0 aliphatic carbocycles. The molecule has 0 aromatic heterocycles. The Morgan fingerprint density at radius 1 is 1.18 bits per heavy atom. The first-order chi connectivity index (χ1) is 10.1. The summed E-state index contributed by atoms with van der Waals surface area (Å²) in [6, 6.07) is 6.06. The molecule has 0 N–H and O–H groups in total. The van der Waals surface area contributed by atoms with Gasteiger partial charge in [0.1, 0.15) is 5.75 Å². The monoisotopic (exact) mass is 319 g/mol. The molecular weight excluding hydrogens is 290 g/mol. The number of carbonyl (C=O) groups is 1. The molecule has 1 aromatic carbocycles. The molecule has 0 amide bonds. The van der Waals surface area contributed by atoms with E-state index in [1.54, 1.807) is 6.92 Å². The molecular formula is C18H29NO2Si. The molecule has 2 rings (SSSR count). The van der Waals surface area contributed by atoms with Gasteiger partial charge in [0.15, 0.2) is 5.78 Å². The van der Waals surface area contributed by atoms with Crippen LogP contribution < -0.4 is 9.33 Å². The molecule has 0 saturated carbocycles. The fraction of sp³-hybridized carbons (Fsp3) is 0.611. The van der Waals surface area contributed by atoms with Gasteiger partial charge in [-0.15, -0.1) is 0 Å². The van der Waals surface area contributed by atoms with Gasteiger partial charge in [-0.05, 0) is 50.0 Å². The summed E-state index contributed by atoms with van der Waals surface area (Å²) >= 11 is 0. The second-order valence-corrected chi connectivity index (χ2v) is 12.5. The van der Waals surface area contributed by atoms with Crippen LogP contribution in [0.5, 0.6) is 5.75 Å². The van der Waals surface area contributed by atoms with E-state index in [0.717, 1.165) is 18.8 Å². The Labute approximate surface area is 135 Å². The Hall–Kier alpha value is -1.29. The maximum atomic E-state index is 12.0. The summed E-state index contributed by atoms with van der Waals surface area (Å²) in [6.07, 6.45) is 2.49. The molecule has 0 bridgehead atoms. The number of Topliss-reactive ketones (excluding diaryl/α,β-unsaturated/α-hetero) is 1. The highest BCUT2D eigenvalue weighted by Crippen LogP contribution is 2.39. The van der Waals surface area contributed by atoms with Gasteiger partial charge in [0.25, 0.3) is 8.32 Å². The molecule has 0 unspecified atom stereocenters. The maximum Gasteiger partial charge on any atom is 0.250 e. The number of hydrogen-bond acceptors (Lipinski definition) is 3. The Morgan fingerprint density at radius 3 is 2.27 bits per heavy atom. The molecule has 1 aliphatic heterocycles. The van der Waals surface area contributed by atoms with Gasteiger partial charge in [-0.3, -0.25) is 4.79 Å². The number of ketones is 1. The number of carbonyl (C=O) groups excluding carboxylic acids is 1. The normalized spacial score (nSPS) is 16.0. The predicted octanol–water partition coefficient (Wildman–Crippen LogP) is 4.87.